The van der Waals surface area contributed by atoms with Gasteiger partial charge in [-0.1, -0.05) is 35.4 Å². The zero-order valence-electron chi connectivity index (χ0n) is 17.2. The fourth-order valence-electron chi connectivity index (χ4n) is 3.62. The van der Waals surface area contributed by atoms with E-state index in [9.17, 15) is 18.3 Å². The molecule has 0 heterocycles. The number of rotatable bonds is 7. The van der Waals surface area contributed by atoms with Gasteiger partial charge in [0.15, 0.2) is 12.2 Å². The molecule has 0 aliphatic heterocycles. The number of sulfonamides is 1. The second-order valence-electron chi connectivity index (χ2n) is 7.51. The van der Waals surface area contributed by atoms with Gasteiger partial charge < -0.3 is 10.8 Å². The van der Waals surface area contributed by atoms with Crippen molar-refractivity contribution in [2.24, 2.45) is 5.73 Å². The van der Waals surface area contributed by atoms with Crippen LogP contribution in [0.15, 0.2) is 71.6 Å². The number of halogens is 1. The molecular formula is C23H24ClN2O4S+. The van der Waals surface area contributed by atoms with E-state index in [0.29, 0.717) is 21.8 Å². The molecule has 0 aliphatic carbocycles. The summed E-state index contributed by atoms with van der Waals surface area (Å²) in [6.45, 7) is 3.01. The van der Waals surface area contributed by atoms with Crippen molar-refractivity contribution in [3.63, 3.8) is 0 Å². The van der Waals surface area contributed by atoms with E-state index < -0.39 is 26.4 Å². The minimum Gasteiger partial charge on any atom is -0.508 e. The van der Waals surface area contributed by atoms with Crippen LogP contribution >= 0.6 is 11.6 Å². The number of nitrogens with two attached hydrogens (primary N) is 1. The number of nitrogens with zero attached hydrogens (tertiary/aromatic N) is 1. The maximum absolute atomic E-state index is 14.1. The summed E-state index contributed by atoms with van der Waals surface area (Å²) in [7, 11) is -4.16. The van der Waals surface area contributed by atoms with Gasteiger partial charge in [-0.2, -0.15) is 12.3 Å². The molecule has 3 aromatic rings. The average Bonchev–Trinajstić information content (AvgIpc) is 2.71. The van der Waals surface area contributed by atoms with Crippen molar-refractivity contribution in [3.05, 3.63) is 88.4 Å². The van der Waals surface area contributed by atoms with E-state index in [1.165, 1.54) is 24.3 Å². The third kappa shape index (κ3) is 4.44. The van der Waals surface area contributed by atoms with Crippen LogP contribution in [0, 0.1) is 13.8 Å². The Balaban J connectivity index is 2.35. The zero-order valence-corrected chi connectivity index (χ0v) is 18.8. The van der Waals surface area contributed by atoms with Crippen LogP contribution in [0.4, 0.5) is 5.69 Å². The summed E-state index contributed by atoms with van der Waals surface area (Å²) in [4.78, 5) is 12.3. The molecule has 162 valence electrons. The average molecular weight is 460 g/mol. The summed E-state index contributed by atoms with van der Waals surface area (Å²) in [6.07, 6.45) is 0. The molecule has 0 saturated heterocycles. The molecule has 31 heavy (non-hydrogen) atoms. The number of benzene rings is 3. The fourth-order valence-corrected chi connectivity index (χ4v) is 5.75. The summed E-state index contributed by atoms with van der Waals surface area (Å²) >= 11 is 6.34. The molecule has 0 radical (unpaired) electrons. The first-order chi connectivity index (χ1) is 14.6. The van der Waals surface area contributed by atoms with Crippen molar-refractivity contribution in [3.8, 4) is 5.75 Å². The van der Waals surface area contributed by atoms with E-state index in [-0.39, 0.29) is 17.2 Å². The number of phenolic OH excluding ortho intramolecular Hbond substituents is 1. The van der Waals surface area contributed by atoms with E-state index in [4.69, 9.17) is 17.3 Å². The molecule has 3 aromatic carbocycles. The summed E-state index contributed by atoms with van der Waals surface area (Å²) in [5, 5.41) is 10.0. The molecule has 0 spiro atoms. The Bertz CT molecular complexity index is 1210. The minimum absolute atomic E-state index is 0.0529. The van der Waals surface area contributed by atoms with Crippen LogP contribution in [0.3, 0.4) is 0 Å². The zero-order chi connectivity index (χ0) is 22.8. The Morgan fingerprint density at radius 3 is 2.19 bits per heavy atom. The molecule has 6 nitrogen and oxygen atoms in total. The van der Waals surface area contributed by atoms with Crippen LogP contribution in [-0.2, 0) is 21.4 Å². The highest BCUT2D eigenvalue weighted by Crippen LogP contribution is 2.39. The number of primary amides is 1. The SMILES string of the molecule is Cc1ccc(S(=O)(=O)[N+](CC(N)=O)(Cc2ccc(O)cc2)c2cccc(Cl)c2C)cc1. The summed E-state index contributed by atoms with van der Waals surface area (Å²) in [6, 6.07) is 17.6. The molecule has 0 bridgehead atoms. The van der Waals surface area contributed by atoms with Gasteiger partial charge in [-0.05, 0) is 56.3 Å². The fraction of sp³-hybridized carbons (Fsp3) is 0.174. The molecular weight excluding hydrogens is 436 g/mol. The van der Waals surface area contributed by atoms with Gasteiger partial charge in [0.2, 0.25) is 0 Å². The van der Waals surface area contributed by atoms with Crippen LogP contribution < -0.4 is 9.62 Å². The maximum atomic E-state index is 14.1. The third-order valence-corrected chi connectivity index (χ3v) is 7.90. The van der Waals surface area contributed by atoms with E-state index in [0.717, 1.165) is 5.56 Å². The van der Waals surface area contributed by atoms with Crippen LogP contribution in [0.2, 0.25) is 5.02 Å². The molecule has 0 fully saturated rings. The van der Waals surface area contributed by atoms with Gasteiger partial charge in [-0.3, -0.25) is 4.79 Å². The normalized spacial score (nSPS) is 13.5. The lowest BCUT2D eigenvalue weighted by Gasteiger charge is -2.36. The summed E-state index contributed by atoms with van der Waals surface area (Å²) < 4.78 is 27.5. The van der Waals surface area contributed by atoms with Crippen molar-refractivity contribution < 1.29 is 18.3 Å². The Morgan fingerprint density at radius 2 is 1.61 bits per heavy atom. The summed E-state index contributed by atoms with van der Waals surface area (Å²) in [5.41, 5.74) is 8.00. The molecule has 1 amide bonds. The lowest BCUT2D eigenvalue weighted by Crippen LogP contribution is -2.57. The Hall–Kier alpha value is -2.87. The first-order valence-corrected chi connectivity index (χ1v) is 11.4. The van der Waals surface area contributed by atoms with E-state index in [1.54, 1.807) is 49.4 Å². The first kappa shape index (κ1) is 22.8. The molecule has 0 saturated carbocycles. The number of hydrogen-bond donors (Lipinski definition) is 2. The molecule has 1 unspecified atom stereocenters. The number of carbonyl (C=O) groups excluding carboxylic acids is 1. The minimum atomic E-state index is -4.16. The van der Waals surface area contributed by atoms with E-state index in [2.05, 4.69) is 0 Å². The first-order valence-electron chi connectivity index (χ1n) is 9.58. The summed E-state index contributed by atoms with van der Waals surface area (Å²) in [5.74, 6) is -0.717. The van der Waals surface area contributed by atoms with Gasteiger partial charge in [-0.15, -0.1) is 0 Å². The molecule has 0 aliphatic rings. The predicted molar refractivity (Wildman–Crippen MR) is 122 cm³/mol. The number of aryl methyl sites for hydroxylation is 1. The van der Waals surface area contributed by atoms with E-state index in [1.807, 2.05) is 6.92 Å². The standard InChI is InChI=1S/C23H23ClN2O4S/c1-16-6-12-20(13-7-16)31(29,30)26(15-23(25)28,14-18-8-10-19(27)11-9-18)22-5-3-4-21(24)17(22)2/h3-13H,14-15H2,1-2H3,(H2-,25,27,28)/p+1. The van der Waals surface area contributed by atoms with Crippen LogP contribution in [0.25, 0.3) is 0 Å². The lowest BCUT2D eigenvalue weighted by atomic mass is 10.1. The van der Waals surface area contributed by atoms with Crippen LogP contribution in [-0.4, -0.2) is 26.0 Å². The molecule has 1 atom stereocenters. The van der Waals surface area contributed by atoms with Crippen molar-refractivity contribution in [2.45, 2.75) is 25.3 Å². The van der Waals surface area contributed by atoms with Crippen molar-refractivity contribution in [2.75, 3.05) is 6.54 Å². The smallest absolute Gasteiger partial charge is 0.332 e. The number of quaternary nitrogens is 1. The molecule has 3 N–H and O–H groups in total. The number of aromatic hydroxyl groups is 1. The van der Waals surface area contributed by atoms with Crippen molar-refractivity contribution in [1.82, 2.24) is 3.89 Å². The van der Waals surface area contributed by atoms with Crippen molar-refractivity contribution >= 4 is 33.2 Å². The second-order valence-corrected chi connectivity index (χ2v) is 10.0. The Morgan fingerprint density at radius 1 is 1.00 bits per heavy atom. The highest BCUT2D eigenvalue weighted by atomic mass is 35.5. The van der Waals surface area contributed by atoms with Gasteiger partial charge in [0.25, 0.3) is 5.91 Å². The number of hydrogen-bond acceptors (Lipinski definition) is 4. The molecule has 3 rings (SSSR count). The Kier molecular flexibility index (Phi) is 6.40. The highest BCUT2D eigenvalue weighted by Gasteiger charge is 2.48. The monoisotopic (exact) mass is 459 g/mol. The molecule has 8 heteroatoms. The lowest BCUT2D eigenvalue weighted by molar-refractivity contribution is -0.118. The van der Waals surface area contributed by atoms with Gasteiger partial charge in [0, 0.05) is 22.2 Å². The van der Waals surface area contributed by atoms with E-state index >= 15 is 0 Å². The van der Waals surface area contributed by atoms with Gasteiger partial charge >= 0.3 is 10.0 Å². The predicted octanol–water partition coefficient (Wildman–Crippen LogP) is 4.04. The maximum Gasteiger partial charge on any atom is 0.332 e. The molecule has 0 aromatic heterocycles. The Labute approximate surface area is 187 Å². The van der Waals surface area contributed by atoms with Crippen molar-refractivity contribution in [1.29, 1.82) is 0 Å². The quantitative estimate of drug-likeness (QED) is 0.521. The van der Waals surface area contributed by atoms with Crippen LogP contribution in [0.1, 0.15) is 16.7 Å². The highest BCUT2D eigenvalue weighted by molar-refractivity contribution is 7.91. The van der Waals surface area contributed by atoms with Gasteiger partial charge in [0.05, 0.1) is 0 Å². The largest absolute Gasteiger partial charge is 0.508 e. The topological polar surface area (TPSA) is 97.5 Å². The second kappa shape index (κ2) is 8.70. The van der Waals surface area contributed by atoms with Gasteiger partial charge in [-0.25, -0.2) is 0 Å². The van der Waals surface area contributed by atoms with Gasteiger partial charge in [0.1, 0.15) is 17.2 Å². The van der Waals surface area contributed by atoms with Crippen LogP contribution in [0.5, 0.6) is 5.75 Å². The third-order valence-electron chi connectivity index (χ3n) is 5.24. The number of carbonyl (C=O) groups is 1. The number of amides is 1. The number of phenols is 1.